The molecule has 17 heavy (non-hydrogen) atoms. The zero-order valence-corrected chi connectivity index (χ0v) is 10.6. The number of hydrogen-bond donors (Lipinski definition) is 1. The number of hydrogen-bond acceptors (Lipinski definition) is 2. The van der Waals surface area contributed by atoms with Gasteiger partial charge in [0.1, 0.15) is 11.0 Å². The molecule has 0 bridgehead atoms. The van der Waals surface area contributed by atoms with Crippen molar-refractivity contribution in [1.82, 2.24) is 9.55 Å². The van der Waals surface area contributed by atoms with Crippen molar-refractivity contribution in [2.75, 3.05) is 5.32 Å². The summed E-state index contributed by atoms with van der Waals surface area (Å²) in [4.78, 5) is 4.10. The third-order valence-corrected chi connectivity index (χ3v) is 3.06. The van der Waals surface area contributed by atoms with E-state index in [4.69, 9.17) is 23.2 Å². The lowest BCUT2D eigenvalue weighted by atomic mass is 10.3. The van der Waals surface area contributed by atoms with E-state index in [0.717, 1.165) is 5.82 Å². The minimum Gasteiger partial charge on any atom is -0.375 e. The van der Waals surface area contributed by atoms with Crippen LogP contribution in [0.15, 0.2) is 24.4 Å². The lowest BCUT2D eigenvalue weighted by molar-refractivity contribution is 0.630. The fraction of sp³-hybridized carbons (Fsp3) is 0.182. The van der Waals surface area contributed by atoms with Crippen molar-refractivity contribution < 1.29 is 4.39 Å². The molecular weight excluding hydrogens is 264 g/mol. The van der Waals surface area contributed by atoms with Crippen LogP contribution in [0.2, 0.25) is 10.2 Å². The van der Waals surface area contributed by atoms with Crippen molar-refractivity contribution in [1.29, 1.82) is 0 Å². The average Bonchev–Trinajstić information content (AvgIpc) is 2.62. The van der Waals surface area contributed by atoms with E-state index in [1.807, 2.05) is 0 Å². The molecule has 0 unspecified atom stereocenters. The van der Waals surface area contributed by atoms with Crippen molar-refractivity contribution in [2.24, 2.45) is 7.05 Å². The maximum atomic E-state index is 13.6. The van der Waals surface area contributed by atoms with Gasteiger partial charge in [0, 0.05) is 7.05 Å². The molecule has 0 amide bonds. The smallest absolute Gasteiger partial charge is 0.164 e. The largest absolute Gasteiger partial charge is 0.375 e. The zero-order chi connectivity index (χ0) is 12.4. The molecule has 1 aromatic carbocycles. The molecule has 0 atom stereocenters. The maximum absolute atomic E-state index is 13.6. The molecule has 2 aromatic rings. The molecule has 0 aliphatic heterocycles. The number of anilines is 1. The molecule has 3 nitrogen and oxygen atoms in total. The minimum atomic E-state index is -0.463. The number of benzene rings is 1. The highest BCUT2D eigenvalue weighted by atomic mass is 35.5. The second-order valence-corrected chi connectivity index (χ2v) is 4.31. The summed E-state index contributed by atoms with van der Waals surface area (Å²) in [5.74, 6) is 0.254. The van der Waals surface area contributed by atoms with Crippen LogP contribution >= 0.6 is 23.2 Å². The molecule has 6 heteroatoms. The summed E-state index contributed by atoms with van der Waals surface area (Å²) >= 11 is 11.5. The van der Waals surface area contributed by atoms with E-state index in [1.165, 1.54) is 6.07 Å². The lowest BCUT2D eigenvalue weighted by Gasteiger charge is -2.08. The molecule has 0 saturated heterocycles. The Morgan fingerprint density at radius 1 is 1.41 bits per heavy atom. The molecule has 1 heterocycles. The minimum absolute atomic E-state index is 0.0906. The van der Waals surface area contributed by atoms with Crippen molar-refractivity contribution in [3.05, 3.63) is 46.2 Å². The second kappa shape index (κ2) is 4.94. The summed E-state index contributed by atoms with van der Waals surface area (Å²) in [7, 11) is 1.79. The predicted molar refractivity (Wildman–Crippen MR) is 67.0 cm³/mol. The van der Waals surface area contributed by atoms with Crippen LogP contribution < -0.4 is 5.32 Å². The van der Waals surface area contributed by atoms with Gasteiger partial charge in [0.15, 0.2) is 5.82 Å². The van der Waals surface area contributed by atoms with Crippen molar-refractivity contribution in [2.45, 2.75) is 6.54 Å². The van der Waals surface area contributed by atoms with Gasteiger partial charge in [-0.1, -0.05) is 29.3 Å². The Morgan fingerprint density at radius 2 is 2.18 bits per heavy atom. The fourth-order valence-electron chi connectivity index (χ4n) is 1.40. The Labute approximate surface area is 108 Å². The molecule has 1 aromatic heterocycles. The van der Waals surface area contributed by atoms with E-state index >= 15 is 0 Å². The summed E-state index contributed by atoms with van der Waals surface area (Å²) < 4.78 is 15.3. The van der Waals surface area contributed by atoms with Gasteiger partial charge in [-0.05, 0) is 12.1 Å². The van der Waals surface area contributed by atoms with Crippen LogP contribution in [0.1, 0.15) is 5.82 Å². The molecule has 0 aliphatic carbocycles. The second-order valence-electron chi connectivity index (χ2n) is 3.51. The Morgan fingerprint density at radius 3 is 2.82 bits per heavy atom. The van der Waals surface area contributed by atoms with Gasteiger partial charge in [-0.25, -0.2) is 9.37 Å². The lowest BCUT2D eigenvalue weighted by Crippen LogP contribution is -2.07. The van der Waals surface area contributed by atoms with E-state index in [9.17, 15) is 4.39 Å². The third kappa shape index (κ3) is 2.53. The number of aromatic nitrogens is 2. The zero-order valence-electron chi connectivity index (χ0n) is 9.04. The molecule has 0 fully saturated rings. The number of imidazole rings is 1. The van der Waals surface area contributed by atoms with E-state index < -0.39 is 5.82 Å². The van der Waals surface area contributed by atoms with Gasteiger partial charge >= 0.3 is 0 Å². The molecule has 1 N–H and O–H groups in total. The highest BCUT2D eigenvalue weighted by Crippen LogP contribution is 2.22. The van der Waals surface area contributed by atoms with Gasteiger partial charge < -0.3 is 9.88 Å². The molecular formula is C11H10Cl2FN3. The fourth-order valence-corrected chi connectivity index (χ4v) is 1.72. The van der Waals surface area contributed by atoms with Crippen LogP contribution in [-0.2, 0) is 13.6 Å². The number of nitrogens with zero attached hydrogens (tertiary/aromatic N) is 2. The van der Waals surface area contributed by atoms with Crippen LogP contribution in [-0.4, -0.2) is 9.55 Å². The topological polar surface area (TPSA) is 29.9 Å². The molecule has 0 spiro atoms. The Balaban J connectivity index is 2.13. The van der Waals surface area contributed by atoms with E-state index in [-0.39, 0.29) is 5.02 Å². The predicted octanol–water partition coefficient (Wildman–Crippen LogP) is 3.48. The SMILES string of the molecule is Cn1c(Cl)cnc1CNc1cccc(Cl)c1F. The maximum Gasteiger partial charge on any atom is 0.164 e. The first-order valence-corrected chi connectivity index (χ1v) is 5.69. The van der Waals surface area contributed by atoms with E-state index in [1.54, 1.807) is 29.9 Å². The normalized spacial score (nSPS) is 10.6. The third-order valence-electron chi connectivity index (χ3n) is 2.42. The average molecular weight is 274 g/mol. The quantitative estimate of drug-likeness (QED) is 0.928. The molecule has 0 radical (unpaired) electrons. The van der Waals surface area contributed by atoms with E-state index in [0.29, 0.717) is 17.4 Å². The Bertz CT molecular complexity index is 540. The molecule has 0 saturated carbocycles. The molecule has 0 aliphatic rings. The molecule has 90 valence electrons. The summed E-state index contributed by atoms with van der Waals surface area (Å²) in [6.45, 7) is 0.375. The number of rotatable bonds is 3. The first-order valence-electron chi connectivity index (χ1n) is 4.93. The van der Waals surface area contributed by atoms with Crippen LogP contribution in [0.3, 0.4) is 0 Å². The van der Waals surface area contributed by atoms with Crippen molar-refractivity contribution >= 4 is 28.9 Å². The summed E-state index contributed by atoms with van der Waals surface area (Å²) in [6.07, 6.45) is 1.55. The number of halogens is 3. The summed E-state index contributed by atoms with van der Waals surface area (Å²) in [6, 6.07) is 4.80. The van der Waals surface area contributed by atoms with Crippen LogP contribution in [0.4, 0.5) is 10.1 Å². The van der Waals surface area contributed by atoms with Gasteiger partial charge in [0.25, 0.3) is 0 Å². The first kappa shape index (κ1) is 12.2. The Kier molecular flexibility index (Phi) is 3.54. The Hall–Kier alpha value is -1.26. The summed E-state index contributed by atoms with van der Waals surface area (Å²) in [5, 5.41) is 3.55. The highest BCUT2D eigenvalue weighted by Gasteiger charge is 2.08. The standard InChI is InChI=1S/C11H10Cl2FN3/c1-17-9(13)5-16-10(17)6-15-8-4-2-3-7(12)11(8)14/h2-5,15H,6H2,1H3. The highest BCUT2D eigenvalue weighted by molar-refractivity contribution is 6.31. The summed E-state index contributed by atoms with van der Waals surface area (Å²) in [5.41, 5.74) is 0.344. The van der Waals surface area contributed by atoms with Crippen LogP contribution in [0.25, 0.3) is 0 Å². The van der Waals surface area contributed by atoms with E-state index in [2.05, 4.69) is 10.3 Å². The van der Waals surface area contributed by atoms with Gasteiger partial charge in [-0.2, -0.15) is 0 Å². The van der Waals surface area contributed by atoms with Crippen molar-refractivity contribution in [3.63, 3.8) is 0 Å². The van der Waals surface area contributed by atoms with Crippen LogP contribution in [0, 0.1) is 5.82 Å². The van der Waals surface area contributed by atoms with Gasteiger partial charge in [0.05, 0.1) is 23.5 Å². The monoisotopic (exact) mass is 273 g/mol. The van der Waals surface area contributed by atoms with Gasteiger partial charge in [-0.15, -0.1) is 0 Å². The van der Waals surface area contributed by atoms with Crippen LogP contribution in [0.5, 0.6) is 0 Å². The van der Waals surface area contributed by atoms with Gasteiger partial charge in [0.2, 0.25) is 0 Å². The van der Waals surface area contributed by atoms with Crippen molar-refractivity contribution in [3.8, 4) is 0 Å². The first-order chi connectivity index (χ1) is 8.09. The number of nitrogens with one attached hydrogen (secondary N) is 1. The molecule has 2 rings (SSSR count). The van der Waals surface area contributed by atoms with Gasteiger partial charge in [-0.3, -0.25) is 0 Å².